The maximum atomic E-state index is 14.1. The van der Waals surface area contributed by atoms with Crippen LogP contribution in [0.25, 0.3) is 0 Å². The number of amides is 3. The Morgan fingerprint density at radius 3 is 2.80 bits per heavy atom. The molecule has 1 unspecified atom stereocenters. The number of aromatic nitrogens is 1. The number of carbonyl (C=O) groups is 2. The Morgan fingerprint density at radius 2 is 2.09 bits per heavy atom. The molecule has 1 aliphatic rings. The summed E-state index contributed by atoms with van der Waals surface area (Å²) in [5.41, 5.74) is 4.30. The molecule has 1 aromatic heterocycles. The van der Waals surface area contributed by atoms with Crippen LogP contribution in [0.3, 0.4) is 0 Å². The lowest BCUT2D eigenvalue weighted by atomic mass is 10.1. The van der Waals surface area contributed by atoms with Crippen LogP contribution in [0.5, 0.6) is 5.88 Å². The molecule has 192 valence electrons. The van der Waals surface area contributed by atoms with Crippen molar-refractivity contribution in [3.05, 3.63) is 40.2 Å². The number of nitrogens with zero attached hydrogens (tertiary/aromatic N) is 2. The molecule has 1 aliphatic heterocycles. The molecule has 3 amide bonds. The first-order chi connectivity index (χ1) is 16.7. The first-order valence-electron chi connectivity index (χ1n) is 11.2. The summed E-state index contributed by atoms with van der Waals surface area (Å²) in [5, 5.41) is 8.69. The van der Waals surface area contributed by atoms with Gasteiger partial charge in [-0.15, -0.1) is 0 Å². The summed E-state index contributed by atoms with van der Waals surface area (Å²) >= 11 is 0.722. The van der Waals surface area contributed by atoms with Crippen molar-refractivity contribution in [1.29, 1.82) is 0 Å². The number of hydrogen-bond acceptors (Lipinski definition) is 7. The van der Waals surface area contributed by atoms with Crippen LogP contribution in [0.4, 0.5) is 23.0 Å². The summed E-state index contributed by atoms with van der Waals surface area (Å²) in [6.45, 7) is 3.94. The molecule has 1 fully saturated rings. The van der Waals surface area contributed by atoms with Crippen molar-refractivity contribution in [1.82, 2.24) is 19.9 Å². The average molecular weight is 515 g/mol. The van der Waals surface area contributed by atoms with Gasteiger partial charge in [0.2, 0.25) is 5.88 Å². The van der Waals surface area contributed by atoms with Crippen LogP contribution >= 0.6 is 11.5 Å². The highest BCUT2D eigenvalue weighted by Gasteiger charge is 2.24. The number of hydrogen-bond donors (Lipinski definition) is 4. The Kier molecular flexibility index (Phi) is 9.29. The highest BCUT2D eigenvalue weighted by atomic mass is 32.1. The Labute approximate surface area is 205 Å². The lowest BCUT2D eigenvalue weighted by Crippen LogP contribution is -2.48. The highest BCUT2D eigenvalue weighted by molar-refractivity contribution is 7.11. The van der Waals surface area contributed by atoms with Gasteiger partial charge in [0.15, 0.2) is 11.6 Å². The minimum absolute atomic E-state index is 0.0236. The number of likely N-dealkylation sites (N-methyl/N-ethyl adjacent to an activating group) is 1. The maximum absolute atomic E-state index is 14.1. The highest BCUT2D eigenvalue weighted by Crippen LogP contribution is 2.31. The minimum atomic E-state index is -1.39. The first-order valence-corrected chi connectivity index (χ1v) is 12.0. The second-order valence-corrected chi connectivity index (χ2v) is 9.19. The second-order valence-electron chi connectivity index (χ2n) is 8.42. The van der Waals surface area contributed by atoms with E-state index in [0.29, 0.717) is 12.6 Å². The van der Waals surface area contributed by atoms with Crippen LogP contribution in [-0.2, 0) is 6.61 Å². The zero-order valence-corrected chi connectivity index (χ0v) is 20.4. The third-order valence-corrected chi connectivity index (χ3v) is 6.39. The molecule has 0 aliphatic carbocycles. The molecule has 1 saturated heterocycles. The van der Waals surface area contributed by atoms with Crippen molar-refractivity contribution >= 4 is 28.5 Å². The molecule has 5 N–H and O–H groups in total. The van der Waals surface area contributed by atoms with Gasteiger partial charge in [0, 0.05) is 32.2 Å². The average Bonchev–Trinajstić information content (AvgIpc) is 3.19. The summed E-state index contributed by atoms with van der Waals surface area (Å²) in [7, 11) is 2.09. The van der Waals surface area contributed by atoms with Crippen molar-refractivity contribution < 1.29 is 27.5 Å². The minimum Gasteiger partial charge on any atom is -0.471 e. The van der Waals surface area contributed by atoms with Crippen LogP contribution in [0.2, 0.25) is 0 Å². The van der Waals surface area contributed by atoms with E-state index in [-0.39, 0.29) is 22.0 Å². The van der Waals surface area contributed by atoms with Crippen LogP contribution in [-0.4, -0.2) is 60.5 Å². The van der Waals surface area contributed by atoms with Crippen LogP contribution < -0.4 is 26.4 Å². The summed E-state index contributed by atoms with van der Waals surface area (Å²) in [6, 6.07) is 0.722. The monoisotopic (exact) mass is 514 g/mol. The maximum Gasteiger partial charge on any atom is 0.319 e. The van der Waals surface area contributed by atoms with E-state index in [9.17, 15) is 22.8 Å². The van der Waals surface area contributed by atoms with E-state index in [1.807, 2.05) is 0 Å². The summed E-state index contributed by atoms with van der Waals surface area (Å²) in [4.78, 5) is 26.4. The lowest BCUT2D eigenvalue weighted by Gasteiger charge is -2.30. The van der Waals surface area contributed by atoms with E-state index < -0.39 is 41.6 Å². The number of piperazine rings is 1. The van der Waals surface area contributed by atoms with Crippen LogP contribution in [0.1, 0.15) is 40.7 Å². The second kappa shape index (κ2) is 12.2. The van der Waals surface area contributed by atoms with Gasteiger partial charge in [0.1, 0.15) is 23.0 Å². The molecule has 0 bridgehead atoms. The predicted octanol–water partition coefficient (Wildman–Crippen LogP) is 2.74. The van der Waals surface area contributed by atoms with Gasteiger partial charge in [-0.2, -0.15) is 4.37 Å². The molecule has 1 aromatic carbocycles. The largest absolute Gasteiger partial charge is 0.471 e. The number of carbonyl (C=O) groups excluding carboxylic acids is 2. The number of halogens is 3. The number of anilines is 1. The van der Waals surface area contributed by atoms with E-state index in [1.165, 1.54) is 6.92 Å². The standard InChI is InChI=1S/C22H29F3N6O3S/c1-12-9-15(23)14(18(25)17(12)24)11-34-20-16(19(26)32)21(35-30-20)29-22(33)28-6-4-3-5-13-10-31(2)8-7-27-13/h9,13,27H,3-8,10-11H2,1-2H3,(H2,26,32)(H2,28,29,33). The molecular weight excluding hydrogens is 485 g/mol. The van der Waals surface area contributed by atoms with E-state index in [1.54, 1.807) is 0 Å². The molecule has 0 saturated carbocycles. The molecule has 2 aromatic rings. The van der Waals surface area contributed by atoms with Gasteiger partial charge in [-0.1, -0.05) is 6.42 Å². The van der Waals surface area contributed by atoms with Crippen molar-refractivity contribution in [3.63, 3.8) is 0 Å². The van der Waals surface area contributed by atoms with Gasteiger partial charge < -0.3 is 26.0 Å². The summed E-state index contributed by atoms with van der Waals surface area (Å²) in [5.74, 6) is -4.85. The van der Waals surface area contributed by atoms with Crippen molar-refractivity contribution in [2.45, 2.75) is 38.8 Å². The molecule has 0 spiro atoms. The van der Waals surface area contributed by atoms with Crippen molar-refractivity contribution in [2.24, 2.45) is 5.73 Å². The fraction of sp³-hybridized carbons (Fsp3) is 0.500. The molecule has 35 heavy (non-hydrogen) atoms. The number of unbranched alkanes of at least 4 members (excludes halogenated alkanes) is 1. The number of benzene rings is 1. The molecular formula is C22H29F3N6O3S. The van der Waals surface area contributed by atoms with Crippen LogP contribution in [0.15, 0.2) is 6.07 Å². The molecule has 1 atom stereocenters. The molecule has 2 heterocycles. The van der Waals surface area contributed by atoms with Gasteiger partial charge in [0.05, 0.1) is 5.56 Å². The molecule has 0 radical (unpaired) electrons. The van der Waals surface area contributed by atoms with E-state index in [2.05, 4.69) is 32.3 Å². The summed E-state index contributed by atoms with van der Waals surface area (Å²) in [6.07, 6.45) is 2.71. The Bertz CT molecular complexity index is 1070. The third-order valence-electron chi connectivity index (χ3n) is 5.65. The number of primary amides is 1. The van der Waals surface area contributed by atoms with Gasteiger partial charge in [0.25, 0.3) is 5.91 Å². The van der Waals surface area contributed by atoms with Gasteiger partial charge in [-0.3, -0.25) is 10.1 Å². The third kappa shape index (κ3) is 7.05. The van der Waals surface area contributed by atoms with Gasteiger partial charge in [-0.25, -0.2) is 18.0 Å². The number of rotatable bonds is 10. The van der Waals surface area contributed by atoms with E-state index in [4.69, 9.17) is 10.5 Å². The molecule has 9 nitrogen and oxygen atoms in total. The number of aryl methyl sites for hydroxylation is 1. The Hall–Kier alpha value is -2.90. The fourth-order valence-corrected chi connectivity index (χ4v) is 4.49. The zero-order valence-electron chi connectivity index (χ0n) is 19.6. The smallest absolute Gasteiger partial charge is 0.319 e. The van der Waals surface area contributed by atoms with E-state index in [0.717, 1.165) is 56.5 Å². The fourth-order valence-electron chi connectivity index (χ4n) is 3.75. The quantitative estimate of drug-likeness (QED) is 0.286. The van der Waals surface area contributed by atoms with Crippen molar-refractivity contribution in [2.75, 3.05) is 38.5 Å². The number of ether oxygens (including phenoxy) is 1. The number of nitrogens with one attached hydrogen (secondary N) is 3. The molecule has 13 heteroatoms. The SMILES string of the molecule is Cc1cc(F)c(COc2nsc(NC(=O)NCCCCC3CN(C)CCN3)c2C(N)=O)c(F)c1F. The van der Waals surface area contributed by atoms with Crippen molar-refractivity contribution in [3.8, 4) is 5.88 Å². The van der Waals surface area contributed by atoms with Gasteiger partial charge >= 0.3 is 6.03 Å². The first kappa shape index (κ1) is 26.7. The Morgan fingerprint density at radius 1 is 1.31 bits per heavy atom. The molecule has 3 rings (SSSR count). The van der Waals surface area contributed by atoms with E-state index >= 15 is 0 Å². The van der Waals surface area contributed by atoms with Gasteiger partial charge in [-0.05, 0) is 50.0 Å². The normalized spacial score (nSPS) is 16.2. The summed E-state index contributed by atoms with van der Waals surface area (Å²) < 4.78 is 51.1. The number of nitrogens with two attached hydrogens (primary N) is 1. The predicted molar refractivity (Wildman–Crippen MR) is 126 cm³/mol. The zero-order chi connectivity index (χ0) is 25.5. The number of urea groups is 1. The van der Waals surface area contributed by atoms with Crippen LogP contribution in [0, 0.1) is 24.4 Å². The lowest BCUT2D eigenvalue weighted by molar-refractivity contribution is 0.0996. The topological polar surface area (TPSA) is 122 Å². The Balaban J connectivity index is 1.51.